The summed E-state index contributed by atoms with van der Waals surface area (Å²) in [5.41, 5.74) is 1.29. The predicted molar refractivity (Wildman–Crippen MR) is 97.8 cm³/mol. The molecule has 24 heavy (non-hydrogen) atoms. The van der Waals surface area contributed by atoms with Gasteiger partial charge in [0.15, 0.2) is 5.70 Å². The molecule has 0 aliphatic carbocycles. The maximum Gasteiger partial charge on any atom is 0.363 e. The topological polar surface area (TPSA) is 47.9 Å². The number of cyclic esters (lactones) is 1. The van der Waals surface area contributed by atoms with Gasteiger partial charge in [0.1, 0.15) is 5.75 Å². The first-order valence-corrected chi connectivity index (χ1v) is 8.35. The van der Waals surface area contributed by atoms with E-state index in [2.05, 4.69) is 20.9 Å². The molecule has 7 heteroatoms. The molecule has 0 amide bonds. The minimum absolute atomic E-state index is 0.135. The first-order chi connectivity index (χ1) is 11.5. The number of benzene rings is 2. The third kappa shape index (κ3) is 3.34. The highest BCUT2D eigenvalue weighted by Gasteiger charge is 2.26. The summed E-state index contributed by atoms with van der Waals surface area (Å²) < 4.78 is 11.4. The second-order valence-electron chi connectivity index (χ2n) is 4.82. The predicted octanol–water partition coefficient (Wildman–Crippen LogP) is 5.11. The van der Waals surface area contributed by atoms with Gasteiger partial charge in [-0.1, -0.05) is 51.3 Å². The fourth-order valence-corrected chi connectivity index (χ4v) is 2.87. The number of methoxy groups -OCH3 is 1. The maximum atomic E-state index is 12.1. The lowest BCUT2D eigenvalue weighted by atomic mass is 10.2. The summed E-state index contributed by atoms with van der Waals surface area (Å²) >= 11 is 15.5. The van der Waals surface area contributed by atoms with E-state index in [-0.39, 0.29) is 11.6 Å². The fourth-order valence-electron chi connectivity index (χ4n) is 2.15. The Balaban J connectivity index is 2.04. The van der Waals surface area contributed by atoms with Gasteiger partial charge in [-0.2, -0.15) is 0 Å². The van der Waals surface area contributed by atoms with Gasteiger partial charge in [0.25, 0.3) is 0 Å². The molecule has 0 unspecified atom stereocenters. The van der Waals surface area contributed by atoms with Crippen LogP contribution in [0.1, 0.15) is 11.1 Å². The van der Waals surface area contributed by atoms with Crippen LogP contribution >= 0.6 is 39.1 Å². The molecule has 1 heterocycles. The molecule has 0 bridgehead atoms. The van der Waals surface area contributed by atoms with Crippen LogP contribution in [-0.4, -0.2) is 19.0 Å². The number of halogens is 3. The zero-order chi connectivity index (χ0) is 17.3. The Labute approximate surface area is 156 Å². The van der Waals surface area contributed by atoms with Gasteiger partial charge in [-0.25, -0.2) is 9.79 Å². The summed E-state index contributed by atoms with van der Waals surface area (Å²) in [7, 11) is 1.53. The highest BCUT2D eigenvalue weighted by Crippen LogP contribution is 2.30. The normalized spacial score (nSPS) is 15.4. The van der Waals surface area contributed by atoms with Crippen LogP contribution in [0.25, 0.3) is 6.08 Å². The number of carbonyl (C=O) groups excluding carboxylic acids is 1. The number of carbonyl (C=O) groups is 1. The SMILES string of the molecule is COc1ccc(Br)cc1C1=N/C(=C\c2cccc(Cl)c2Cl)C(=O)O1. The van der Waals surface area contributed by atoms with Crippen LogP contribution in [0.5, 0.6) is 5.75 Å². The number of nitrogens with zero attached hydrogens (tertiary/aromatic N) is 1. The molecule has 4 nitrogen and oxygen atoms in total. The van der Waals surface area contributed by atoms with E-state index in [9.17, 15) is 4.79 Å². The Morgan fingerprint density at radius 1 is 1.25 bits per heavy atom. The van der Waals surface area contributed by atoms with Crippen molar-refractivity contribution in [1.82, 2.24) is 0 Å². The summed E-state index contributed by atoms with van der Waals surface area (Å²) in [6, 6.07) is 10.5. The number of hydrogen-bond acceptors (Lipinski definition) is 4. The highest BCUT2D eigenvalue weighted by molar-refractivity contribution is 9.10. The van der Waals surface area contributed by atoms with E-state index in [0.29, 0.717) is 26.9 Å². The van der Waals surface area contributed by atoms with E-state index in [1.165, 1.54) is 13.2 Å². The van der Waals surface area contributed by atoms with E-state index in [4.69, 9.17) is 32.7 Å². The first kappa shape index (κ1) is 17.0. The van der Waals surface area contributed by atoms with E-state index >= 15 is 0 Å². The lowest BCUT2D eigenvalue weighted by Gasteiger charge is -2.07. The van der Waals surface area contributed by atoms with Crippen molar-refractivity contribution in [2.45, 2.75) is 0 Å². The van der Waals surface area contributed by atoms with Crippen LogP contribution in [0.3, 0.4) is 0 Å². The van der Waals surface area contributed by atoms with Gasteiger partial charge in [0.2, 0.25) is 5.90 Å². The summed E-state index contributed by atoms with van der Waals surface area (Å²) in [5, 5.41) is 0.749. The molecule has 2 aromatic rings. The van der Waals surface area contributed by atoms with Crippen molar-refractivity contribution in [3.05, 3.63) is 67.7 Å². The van der Waals surface area contributed by atoms with Gasteiger partial charge in [-0.05, 0) is 35.9 Å². The Morgan fingerprint density at radius 3 is 2.79 bits per heavy atom. The molecule has 1 aliphatic rings. The lowest BCUT2D eigenvalue weighted by Crippen LogP contribution is -2.07. The van der Waals surface area contributed by atoms with Gasteiger partial charge in [0, 0.05) is 4.47 Å². The third-order valence-electron chi connectivity index (χ3n) is 3.29. The minimum atomic E-state index is -0.567. The lowest BCUT2D eigenvalue weighted by molar-refractivity contribution is -0.129. The van der Waals surface area contributed by atoms with Gasteiger partial charge < -0.3 is 9.47 Å². The van der Waals surface area contributed by atoms with Crippen molar-refractivity contribution in [3.8, 4) is 5.75 Å². The summed E-state index contributed by atoms with van der Waals surface area (Å²) in [6.45, 7) is 0. The van der Waals surface area contributed by atoms with E-state index < -0.39 is 5.97 Å². The van der Waals surface area contributed by atoms with Crippen molar-refractivity contribution in [1.29, 1.82) is 0 Å². The van der Waals surface area contributed by atoms with Crippen LogP contribution < -0.4 is 4.74 Å². The number of ether oxygens (including phenoxy) is 2. The van der Waals surface area contributed by atoms with Crippen molar-refractivity contribution in [2.75, 3.05) is 7.11 Å². The average Bonchev–Trinajstić information content (AvgIpc) is 2.92. The zero-order valence-corrected chi connectivity index (χ0v) is 15.4. The van der Waals surface area contributed by atoms with Gasteiger partial charge in [0.05, 0.1) is 22.7 Å². The molecule has 0 atom stereocenters. The van der Waals surface area contributed by atoms with Crippen molar-refractivity contribution < 1.29 is 14.3 Å². The molecule has 0 aromatic heterocycles. The molecule has 0 spiro atoms. The monoisotopic (exact) mass is 425 g/mol. The summed E-state index contributed by atoms with van der Waals surface area (Å²) in [4.78, 5) is 16.4. The Bertz CT molecular complexity index is 893. The van der Waals surface area contributed by atoms with Crippen LogP contribution in [0.2, 0.25) is 10.0 Å². The molecule has 2 aromatic carbocycles. The minimum Gasteiger partial charge on any atom is -0.496 e. The molecule has 0 N–H and O–H groups in total. The van der Waals surface area contributed by atoms with Crippen molar-refractivity contribution in [2.24, 2.45) is 4.99 Å². The van der Waals surface area contributed by atoms with E-state index in [0.717, 1.165) is 4.47 Å². The number of aliphatic imine (C=N–C) groups is 1. The summed E-state index contributed by atoms with van der Waals surface area (Å²) in [6.07, 6.45) is 1.54. The standard InChI is InChI=1S/C17H10BrCl2NO3/c1-23-14-6-5-10(18)8-11(14)16-21-13(17(22)24-16)7-9-3-2-4-12(19)15(9)20/h2-8H,1H3/b13-7-. The van der Waals surface area contributed by atoms with Crippen LogP contribution in [-0.2, 0) is 9.53 Å². The molecular formula is C17H10BrCl2NO3. The van der Waals surface area contributed by atoms with Gasteiger partial charge in [-0.15, -0.1) is 0 Å². The van der Waals surface area contributed by atoms with E-state index in [1.54, 1.807) is 30.3 Å². The van der Waals surface area contributed by atoms with Crippen molar-refractivity contribution >= 4 is 57.1 Å². The largest absolute Gasteiger partial charge is 0.496 e. The molecule has 0 saturated carbocycles. The molecule has 3 rings (SSSR count). The maximum absolute atomic E-state index is 12.1. The third-order valence-corrected chi connectivity index (χ3v) is 4.61. The molecule has 0 radical (unpaired) electrons. The fraction of sp³-hybridized carbons (Fsp3) is 0.0588. The Hall–Kier alpha value is -1.82. The number of rotatable bonds is 3. The second kappa shape index (κ2) is 6.97. The van der Waals surface area contributed by atoms with E-state index in [1.807, 2.05) is 6.07 Å². The molecule has 1 aliphatic heterocycles. The van der Waals surface area contributed by atoms with Gasteiger partial charge in [-0.3, -0.25) is 0 Å². The zero-order valence-electron chi connectivity index (χ0n) is 12.3. The second-order valence-corrected chi connectivity index (χ2v) is 6.52. The number of esters is 1. The van der Waals surface area contributed by atoms with Crippen LogP contribution in [0.15, 0.2) is 51.6 Å². The molecular weight excluding hydrogens is 417 g/mol. The van der Waals surface area contributed by atoms with Crippen LogP contribution in [0, 0.1) is 0 Å². The number of hydrogen-bond donors (Lipinski definition) is 0. The Morgan fingerprint density at radius 2 is 2.04 bits per heavy atom. The molecule has 0 saturated heterocycles. The van der Waals surface area contributed by atoms with Gasteiger partial charge >= 0.3 is 5.97 Å². The molecule has 0 fully saturated rings. The smallest absolute Gasteiger partial charge is 0.363 e. The quantitative estimate of drug-likeness (QED) is 0.506. The molecule has 122 valence electrons. The summed E-state index contributed by atoms with van der Waals surface area (Å²) in [5.74, 6) is 0.150. The first-order valence-electron chi connectivity index (χ1n) is 6.80. The highest BCUT2D eigenvalue weighted by atomic mass is 79.9. The Kier molecular flexibility index (Phi) is 4.94. The van der Waals surface area contributed by atoms with Crippen LogP contribution in [0.4, 0.5) is 0 Å². The average molecular weight is 427 g/mol. The van der Waals surface area contributed by atoms with Crippen molar-refractivity contribution in [3.63, 3.8) is 0 Å².